The lowest BCUT2D eigenvalue weighted by Crippen LogP contribution is -2.23. The third kappa shape index (κ3) is 4.21. The van der Waals surface area contributed by atoms with E-state index in [0.29, 0.717) is 24.9 Å². The molecule has 1 aromatic heterocycles. The fraction of sp³-hybridized carbons (Fsp3) is 0.188. The predicted octanol–water partition coefficient (Wildman–Crippen LogP) is 2.20. The number of hydrogen-bond acceptors (Lipinski definition) is 3. The van der Waals surface area contributed by atoms with E-state index < -0.39 is 0 Å². The summed E-state index contributed by atoms with van der Waals surface area (Å²) in [6.07, 6.45) is 4.55. The SMILES string of the molecule is N#Cc1ccc(CCC(=O)NCc2cccnc2)cc1. The topological polar surface area (TPSA) is 65.8 Å². The maximum atomic E-state index is 11.7. The number of rotatable bonds is 5. The highest BCUT2D eigenvalue weighted by Crippen LogP contribution is 2.06. The van der Waals surface area contributed by atoms with Gasteiger partial charge in [0, 0.05) is 25.4 Å². The van der Waals surface area contributed by atoms with Crippen LogP contribution >= 0.6 is 0 Å². The molecule has 1 amide bonds. The standard InChI is InChI=1S/C16H15N3O/c17-10-14-5-3-13(4-6-14)7-8-16(20)19-12-15-2-1-9-18-11-15/h1-6,9,11H,7-8,12H2,(H,19,20). The number of benzene rings is 1. The van der Waals surface area contributed by atoms with Crippen LogP contribution in [0.1, 0.15) is 23.1 Å². The first kappa shape index (κ1) is 13.8. The average Bonchev–Trinajstić information content (AvgIpc) is 2.52. The van der Waals surface area contributed by atoms with E-state index in [9.17, 15) is 4.79 Å². The smallest absolute Gasteiger partial charge is 0.220 e. The van der Waals surface area contributed by atoms with Gasteiger partial charge in [-0.1, -0.05) is 18.2 Å². The molecule has 0 atom stereocenters. The van der Waals surface area contributed by atoms with Crippen LogP contribution in [0.15, 0.2) is 48.8 Å². The molecule has 1 heterocycles. The van der Waals surface area contributed by atoms with Gasteiger partial charge in [-0.05, 0) is 35.7 Å². The van der Waals surface area contributed by atoms with Crippen molar-refractivity contribution < 1.29 is 4.79 Å². The molecule has 4 nitrogen and oxygen atoms in total. The fourth-order valence-electron chi connectivity index (χ4n) is 1.80. The van der Waals surface area contributed by atoms with E-state index >= 15 is 0 Å². The Morgan fingerprint density at radius 3 is 2.65 bits per heavy atom. The average molecular weight is 265 g/mol. The van der Waals surface area contributed by atoms with Gasteiger partial charge >= 0.3 is 0 Å². The summed E-state index contributed by atoms with van der Waals surface area (Å²) in [5.74, 6) is 0.0122. The molecule has 100 valence electrons. The van der Waals surface area contributed by atoms with Gasteiger partial charge in [0.2, 0.25) is 5.91 Å². The van der Waals surface area contributed by atoms with Crippen LogP contribution in [0.4, 0.5) is 0 Å². The van der Waals surface area contributed by atoms with Crippen LogP contribution in [0.25, 0.3) is 0 Å². The van der Waals surface area contributed by atoms with E-state index in [1.165, 1.54) is 0 Å². The number of amides is 1. The highest BCUT2D eigenvalue weighted by Gasteiger charge is 2.02. The Balaban J connectivity index is 1.76. The molecule has 0 saturated heterocycles. The van der Waals surface area contributed by atoms with Crippen molar-refractivity contribution in [1.82, 2.24) is 10.3 Å². The summed E-state index contributed by atoms with van der Waals surface area (Å²) in [6.45, 7) is 0.500. The van der Waals surface area contributed by atoms with Crippen LogP contribution in [0.5, 0.6) is 0 Å². The predicted molar refractivity (Wildman–Crippen MR) is 75.6 cm³/mol. The first-order chi connectivity index (χ1) is 9.78. The Bertz CT molecular complexity index is 600. The van der Waals surface area contributed by atoms with Crippen molar-refractivity contribution in [1.29, 1.82) is 5.26 Å². The molecular weight excluding hydrogens is 250 g/mol. The van der Waals surface area contributed by atoms with Crippen molar-refractivity contribution in [2.24, 2.45) is 0 Å². The molecule has 4 heteroatoms. The van der Waals surface area contributed by atoms with Gasteiger partial charge in [0.1, 0.15) is 0 Å². The zero-order chi connectivity index (χ0) is 14.2. The second kappa shape index (κ2) is 7.05. The van der Waals surface area contributed by atoms with Gasteiger partial charge in [-0.2, -0.15) is 5.26 Å². The maximum Gasteiger partial charge on any atom is 0.220 e. The largest absolute Gasteiger partial charge is 0.352 e. The highest BCUT2D eigenvalue weighted by atomic mass is 16.1. The van der Waals surface area contributed by atoms with Gasteiger partial charge in [-0.3, -0.25) is 9.78 Å². The van der Waals surface area contributed by atoms with Crippen LogP contribution < -0.4 is 5.32 Å². The van der Waals surface area contributed by atoms with Gasteiger partial charge in [0.25, 0.3) is 0 Å². The monoisotopic (exact) mass is 265 g/mol. The van der Waals surface area contributed by atoms with Gasteiger partial charge in [-0.15, -0.1) is 0 Å². The van der Waals surface area contributed by atoms with E-state index in [1.54, 1.807) is 24.5 Å². The number of carbonyl (C=O) groups excluding carboxylic acids is 1. The van der Waals surface area contributed by atoms with Crippen molar-refractivity contribution in [3.8, 4) is 6.07 Å². The van der Waals surface area contributed by atoms with E-state index in [0.717, 1.165) is 11.1 Å². The zero-order valence-corrected chi connectivity index (χ0v) is 11.0. The van der Waals surface area contributed by atoms with Crippen LogP contribution in [-0.2, 0) is 17.8 Å². The number of nitrogens with one attached hydrogen (secondary N) is 1. The normalized spacial score (nSPS) is 9.75. The number of hydrogen-bond donors (Lipinski definition) is 1. The van der Waals surface area contributed by atoms with E-state index in [2.05, 4.69) is 16.4 Å². The molecule has 2 rings (SSSR count). The number of nitrogens with zero attached hydrogens (tertiary/aromatic N) is 2. The molecule has 0 unspecified atom stereocenters. The molecule has 20 heavy (non-hydrogen) atoms. The Kier molecular flexibility index (Phi) is 4.85. The minimum Gasteiger partial charge on any atom is -0.352 e. The molecule has 0 aliphatic carbocycles. The molecule has 2 aromatic rings. The minimum atomic E-state index is 0.0122. The van der Waals surface area contributed by atoms with Crippen molar-refractivity contribution in [2.45, 2.75) is 19.4 Å². The zero-order valence-electron chi connectivity index (χ0n) is 11.0. The van der Waals surface area contributed by atoms with Crippen LogP contribution in [0.2, 0.25) is 0 Å². The minimum absolute atomic E-state index is 0.0122. The lowest BCUT2D eigenvalue weighted by Gasteiger charge is -2.05. The van der Waals surface area contributed by atoms with Crippen LogP contribution in [0.3, 0.4) is 0 Å². The number of aromatic nitrogens is 1. The van der Waals surface area contributed by atoms with E-state index in [-0.39, 0.29) is 5.91 Å². The van der Waals surface area contributed by atoms with Gasteiger partial charge in [0.05, 0.1) is 11.6 Å². The number of pyridine rings is 1. The number of carbonyl (C=O) groups is 1. The van der Waals surface area contributed by atoms with Crippen molar-refractivity contribution >= 4 is 5.91 Å². The summed E-state index contributed by atoms with van der Waals surface area (Å²) in [4.78, 5) is 15.7. The molecule has 1 aromatic carbocycles. The van der Waals surface area contributed by atoms with Crippen molar-refractivity contribution in [3.63, 3.8) is 0 Å². The summed E-state index contributed by atoms with van der Waals surface area (Å²) in [5, 5.41) is 11.6. The van der Waals surface area contributed by atoms with Crippen LogP contribution in [0, 0.1) is 11.3 Å². The van der Waals surface area contributed by atoms with Crippen molar-refractivity contribution in [3.05, 3.63) is 65.5 Å². The fourth-order valence-corrected chi connectivity index (χ4v) is 1.80. The van der Waals surface area contributed by atoms with Crippen LogP contribution in [-0.4, -0.2) is 10.9 Å². The molecule has 0 saturated carbocycles. The number of nitriles is 1. The second-order valence-corrected chi connectivity index (χ2v) is 4.45. The highest BCUT2D eigenvalue weighted by molar-refractivity contribution is 5.76. The second-order valence-electron chi connectivity index (χ2n) is 4.45. The quantitative estimate of drug-likeness (QED) is 0.901. The molecular formula is C16H15N3O. The summed E-state index contributed by atoms with van der Waals surface area (Å²) in [5.41, 5.74) is 2.68. The maximum absolute atomic E-state index is 11.7. The summed E-state index contributed by atoms with van der Waals surface area (Å²) in [7, 11) is 0. The summed E-state index contributed by atoms with van der Waals surface area (Å²) >= 11 is 0. The summed E-state index contributed by atoms with van der Waals surface area (Å²) in [6, 6.07) is 13.1. The first-order valence-corrected chi connectivity index (χ1v) is 6.42. The Labute approximate surface area is 118 Å². The number of aryl methyl sites for hydroxylation is 1. The molecule has 0 spiro atoms. The lowest BCUT2D eigenvalue weighted by molar-refractivity contribution is -0.121. The van der Waals surface area contributed by atoms with Gasteiger partial charge in [0.15, 0.2) is 0 Å². The Hall–Kier alpha value is -2.67. The third-order valence-electron chi connectivity index (χ3n) is 2.94. The van der Waals surface area contributed by atoms with Crippen molar-refractivity contribution in [2.75, 3.05) is 0 Å². The molecule has 0 fully saturated rings. The Morgan fingerprint density at radius 1 is 1.20 bits per heavy atom. The summed E-state index contributed by atoms with van der Waals surface area (Å²) < 4.78 is 0. The Morgan fingerprint density at radius 2 is 2.00 bits per heavy atom. The van der Waals surface area contributed by atoms with Gasteiger partial charge < -0.3 is 5.32 Å². The molecule has 0 radical (unpaired) electrons. The molecule has 0 bridgehead atoms. The third-order valence-corrected chi connectivity index (χ3v) is 2.94. The molecule has 0 aliphatic rings. The lowest BCUT2D eigenvalue weighted by atomic mass is 10.1. The molecule has 1 N–H and O–H groups in total. The first-order valence-electron chi connectivity index (χ1n) is 6.42. The van der Waals surface area contributed by atoms with E-state index in [4.69, 9.17) is 5.26 Å². The molecule has 0 aliphatic heterocycles. The van der Waals surface area contributed by atoms with E-state index in [1.807, 2.05) is 24.3 Å². The van der Waals surface area contributed by atoms with Gasteiger partial charge in [-0.25, -0.2) is 0 Å².